The molecule has 6 aliphatic rings. The molecule has 0 aromatic rings. The van der Waals surface area contributed by atoms with Crippen molar-refractivity contribution in [1.82, 2.24) is 0 Å². The first-order chi connectivity index (χ1) is 17.6. The summed E-state index contributed by atoms with van der Waals surface area (Å²) in [4.78, 5) is 12.4. The molecule has 0 spiro atoms. The summed E-state index contributed by atoms with van der Waals surface area (Å²) >= 11 is 0. The summed E-state index contributed by atoms with van der Waals surface area (Å²) in [5.74, 6) is 3.21. The summed E-state index contributed by atoms with van der Waals surface area (Å²) in [6.45, 7) is 13.5. The van der Waals surface area contributed by atoms with Gasteiger partial charge in [-0.15, -0.1) is 0 Å². The number of ether oxygens (including phenoxy) is 2. The number of likely N-dealkylation sites (tertiary alicyclic amines) is 1. The van der Waals surface area contributed by atoms with Gasteiger partial charge in [0.05, 0.1) is 46.4 Å². The smallest absolute Gasteiger partial charge is 0.303 e. The fourth-order valence-electron chi connectivity index (χ4n) is 11.4. The normalized spacial score (nSPS) is 46.3. The second kappa shape index (κ2) is 12.1. The summed E-state index contributed by atoms with van der Waals surface area (Å²) in [6, 6.07) is 1.32. The number of morpholine rings is 1. The second-order valence-electron chi connectivity index (χ2n) is 15.5. The van der Waals surface area contributed by atoms with Crippen LogP contribution in [0.3, 0.4) is 0 Å². The maximum atomic E-state index is 12.4. The third kappa shape index (κ3) is 5.50. The lowest BCUT2D eigenvalue weighted by atomic mass is 9.45. The first-order valence-electron chi connectivity index (χ1n) is 16.0. The van der Waals surface area contributed by atoms with E-state index in [2.05, 4.69) is 27.9 Å². The number of nitrogens with zero attached hydrogens (tertiary/aromatic N) is 2. The molecule has 0 unspecified atom stereocenters. The fraction of sp³-hybridized carbons (Fsp3) is 0.969. The minimum absolute atomic E-state index is 0. The number of hydrogen-bond donors (Lipinski definition) is 0. The van der Waals surface area contributed by atoms with Crippen molar-refractivity contribution in [3.63, 3.8) is 0 Å². The Morgan fingerprint density at radius 3 is 2.13 bits per heavy atom. The monoisotopic (exact) mass is 770 g/mol. The van der Waals surface area contributed by atoms with E-state index in [-0.39, 0.29) is 65.4 Å². The third-order valence-corrected chi connectivity index (χ3v) is 13.9. The highest BCUT2D eigenvalue weighted by Crippen LogP contribution is 2.67. The van der Waals surface area contributed by atoms with E-state index in [1.807, 2.05) is 0 Å². The molecular formula is C32H56I2N2O3. The summed E-state index contributed by atoms with van der Waals surface area (Å²) in [6.07, 6.45) is 15.4. The predicted octanol–water partition coefficient (Wildman–Crippen LogP) is -0.577. The highest BCUT2D eigenvalue weighted by molar-refractivity contribution is 5.66. The van der Waals surface area contributed by atoms with E-state index in [4.69, 9.17) is 9.47 Å². The SMILES string of the molecule is CC(=O)O[C@H]1[C@@H]([N+]2(C)CCOCC2)C[C@H]2[C@@H]3CC[C@H]4C[C@@H]([N+]5(C)CCCCC5)CC[C@]4(C)[C@H]3CC[C@@]21C.[I-].[I-]. The van der Waals surface area contributed by atoms with E-state index < -0.39 is 0 Å². The first-order valence-corrected chi connectivity index (χ1v) is 16.0. The van der Waals surface area contributed by atoms with Gasteiger partial charge in [-0.3, -0.25) is 4.79 Å². The number of halogens is 2. The van der Waals surface area contributed by atoms with Crippen LogP contribution in [0.1, 0.15) is 91.4 Å². The van der Waals surface area contributed by atoms with Gasteiger partial charge in [-0.25, -0.2) is 0 Å². The number of esters is 1. The van der Waals surface area contributed by atoms with Gasteiger partial charge in [0.2, 0.25) is 0 Å². The molecule has 5 nitrogen and oxygen atoms in total. The molecule has 0 radical (unpaired) electrons. The molecule has 0 aromatic heterocycles. The highest BCUT2D eigenvalue weighted by Gasteiger charge is 2.67. The van der Waals surface area contributed by atoms with E-state index in [0.29, 0.717) is 17.4 Å². The number of fused-ring (bicyclic) bond motifs is 5. The van der Waals surface area contributed by atoms with Crippen LogP contribution in [0.5, 0.6) is 0 Å². The molecule has 9 atom stereocenters. The Kier molecular flexibility index (Phi) is 10.1. The lowest BCUT2D eigenvalue weighted by Crippen LogP contribution is -3.00. The topological polar surface area (TPSA) is 35.5 Å². The molecule has 2 aliphatic heterocycles. The zero-order chi connectivity index (χ0) is 26.1. The number of likely N-dealkylation sites (N-methyl/N-ethyl adjacent to an activating group) is 1. The van der Waals surface area contributed by atoms with Crippen molar-refractivity contribution in [2.24, 2.45) is 34.5 Å². The van der Waals surface area contributed by atoms with Crippen molar-refractivity contribution in [2.45, 2.75) is 110 Å². The van der Waals surface area contributed by atoms with E-state index in [1.165, 1.54) is 88.2 Å². The van der Waals surface area contributed by atoms with Crippen LogP contribution in [-0.2, 0) is 14.3 Å². The van der Waals surface area contributed by atoms with Gasteiger partial charge in [0, 0.05) is 25.2 Å². The van der Waals surface area contributed by atoms with Gasteiger partial charge in [-0.05, 0) is 86.9 Å². The average molecular weight is 771 g/mol. The second-order valence-corrected chi connectivity index (χ2v) is 15.5. The molecule has 4 saturated carbocycles. The number of carbonyl (C=O) groups is 1. The number of quaternary nitrogens is 2. The van der Waals surface area contributed by atoms with Crippen molar-refractivity contribution in [1.29, 1.82) is 0 Å². The van der Waals surface area contributed by atoms with Crippen LogP contribution < -0.4 is 48.0 Å². The van der Waals surface area contributed by atoms with Crippen LogP contribution >= 0.6 is 0 Å². The first kappa shape index (κ1) is 32.7. The Morgan fingerprint density at radius 1 is 0.795 bits per heavy atom. The van der Waals surface area contributed by atoms with Crippen LogP contribution in [-0.4, -0.2) is 86.6 Å². The van der Waals surface area contributed by atoms with Gasteiger partial charge in [0.25, 0.3) is 0 Å². The van der Waals surface area contributed by atoms with E-state index >= 15 is 0 Å². The number of hydrogen-bond acceptors (Lipinski definition) is 3. The lowest BCUT2D eigenvalue weighted by Gasteiger charge is -2.61. The Hall–Kier alpha value is 0.810. The molecule has 7 heteroatoms. The molecule has 2 heterocycles. The summed E-state index contributed by atoms with van der Waals surface area (Å²) in [5.41, 5.74) is 0.645. The molecule has 0 aromatic carbocycles. The maximum Gasteiger partial charge on any atom is 0.303 e. The third-order valence-electron chi connectivity index (χ3n) is 13.9. The van der Waals surface area contributed by atoms with Crippen molar-refractivity contribution >= 4 is 5.97 Å². The van der Waals surface area contributed by atoms with E-state index in [9.17, 15) is 4.79 Å². The zero-order valence-corrected chi connectivity index (χ0v) is 29.8. The number of piperidine rings is 1. The molecule has 0 N–H and O–H groups in total. The molecule has 0 bridgehead atoms. The lowest BCUT2D eigenvalue weighted by molar-refractivity contribution is -0.942. The minimum Gasteiger partial charge on any atom is -1.00 e. The van der Waals surface area contributed by atoms with Gasteiger partial charge in [-0.1, -0.05) is 13.8 Å². The van der Waals surface area contributed by atoms with Crippen LogP contribution in [0, 0.1) is 34.5 Å². The summed E-state index contributed by atoms with van der Waals surface area (Å²) < 4.78 is 14.5. The van der Waals surface area contributed by atoms with Gasteiger partial charge in [0.15, 0.2) is 6.10 Å². The summed E-state index contributed by atoms with van der Waals surface area (Å²) in [5, 5.41) is 0. The Labute approximate surface area is 273 Å². The standard InChI is InChI=1S/C32H56N2O3.2HI/c1-23(35)37-30-29(34(5)17-19-36-20-18-34)22-28-26-10-9-24-21-25(33(4)15-7-6-8-16-33)11-13-31(24,2)27(26)12-14-32(28,30)3;;/h24-30H,6-22H2,1-5H3;2*1H/q+2;;/p-2/t24-,25-,26+,27-,28-,29-,30-,31-,32-;;/m0../s1. The van der Waals surface area contributed by atoms with Gasteiger partial charge in [-0.2, -0.15) is 0 Å². The van der Waals surface area contributed by atoms with Gasteiger partial charge >= 0.3 is 5.97 Å². The Morgan fingerprint density at radius 2 is 1.46 bits per heavy atom. The van der Waals surface area contributed by atoms with Crippen LogP contribution in [0.2, 0.25) is 0 Å². The molecule has 0 amide bonds. The molecule has 4 aliphatic carbocycles. The van der Waals surface area contributed by atoms with Crippen LogP contribution in [0.25, 0.3) is 0 Å². The minimum atomic E-state index is -0.0813. The van der Waals surface area contributed by atoms with Crippen molar-refractivity contribution in [3.8, 4) is 0 Å². The van der Waals surface area contributed by atoms with E-state index in [1.54, 1.807) is 6.92 Å². The molecule has 6 fully saturated rings. The van der Waals surface area contributed by atoms with Gasteiger partial charge < -0.3 is 66.4 Å². The molecule has 6 rings (SSSR count). The molecule has 2 saturated heterocycles. The Balaban J connectivity index is 0.00000176. The van der Waals surface area contributed by atoms with E-state index in [0.717, 1.165) is 54.6 Å². The van der Waals surface area contributed by atoms with Crippen molar-refractivity contribution in [3.05, 3.63) is 0 Å². The molecule has 226 valence electrons. The number of rotatable bonds is 3. The highest BCUT2D eigenvalue weighted by atomic mass is 127. The van der Waals surface area contributed by atoms with Crippen LogP contribution in [0.4, 0.5) is 0 Å². The zero-order valence-electron chi connectivity index (χ0n) is 25.4. The fourth-order valence-corrected chi connectivity index (χ4v) is 11.4. The summed E-state index contributed by atoms with van der Waals surface area (Å²) in [7, 11) is 5.01. The van der Waals surface area contributed by atoms with Crippen molar-refractivity contribution < 1.29 is 71.2 Å². The van der Waals surface area contributed by atoms with Crippen molar-refractivity contribution in [2.75, 3.05) is 53.5 Å². The largest absolute Gasteiger partial charge is 1.00 e. The Bertz CT molecular complexity index is 875. The number of carbonyl (C=O) groups excluding carboxylic acids is 1. The van der Waals surface area contributed by atoms with Crippen LogP contribution in [0.15, 0.2) is 0 Å². The molecular weight excluding hydrogens is 714 g/mol. The maximum absolute atomic E-state index is 12.4. The predicted molar refractivity (Wildman–Crippen MR) is 147 cm³/mol. The van der Waals surface area contributed by atoms with Gasteiger partial charge in [0.1, 0.15) is 19.1 Å². The molecule has 39 heavy (non-hydrogen) atoms. The quantitative estimate of drug-likeness (QED) is 0.219. The average Bonchev–Trinajstić information content (AvgIpc) is 3.17.